The number of hydrogen-bond acceptors (Lipinski definition) is 3. The highest BCUT2D eigenvalue weighted by Gasteiger charge is 2.36. The lowest BCUT2D eigenvalue weighted by atomic mass is 9.89. The molecule has 3 nitrogen and oxygen atoms in total. The highest BCUT2D eigenvalue weighted by Crippen LogP contribution is 2.38. The van der Waals surface area contributed by atoms with E-state index in [0.29, 0.717) is 12.2 Å². The van der Waals surface area contributed by atoms with Crippen molar-refractivity contribution >= 4 is 0 Å². The number of rotatable bonds is 2. The van der Waals surface area contributed by atoms with Gasteiger partial charge in [0.15, 0.2) is 0 Å². The molecular formula is C14H20O3. The molecule has 2 atom stereocenters. The maximum absolute atomic E-state index is 10.1. The molecule has 1 aliphatic heterocycles. The minimum Gasteiger partial charge on any atom is -0.487 e. The summed E-state index contributed by atoms with van der Waals surface area (Å²) in [5.41, 5.74) is 1.08. The summed E-state index contributed by atoms with van der Waals surface area (Å²) in [5.74, 6) is 0.688. The van der Waals surface area contributed by atoms with Gasteiger partial charge in [0.05, 0.1) is 11.7 Å². The number of fused-ring (bicyclic) bond motifs is 1. The van der Waals surface area contributed by atoms with Crippen LogP contribution in [0.3, 0.4) is 0 Å². The van der Waals surface area contributed by atoms with Crippen molar-refractivity contribution in [2.75, 3.05) is 0 Å². The summed E-state index contributed by atoms with van der Waals surface area (Å²) < 4.78 is 5.76. The van der Waals surface area contributed by atoms with Crippen molar-refractivity contribution in [3.8, 4) is 5.75 Å². The maximum atomic E-state index is 10.1. The van der Waals surface area contributed by atoms with Gasteiger partial charge in [-0.15, -0.1) is 0 Å². The third-order valence-electron chi connectivity index (χ3n) is 3.34. The summed E-state index contributed by atoms with van der Waals surface area (Å²) in [6.45, 7) is 5.49. The molecule has 2 unspecified atom stereocenters. The SMILES string of the molecule is CCc1ccc2c(c1)C(O)CC(C(C)(C)O)O2. The van der Waals surface area contributed by atoms with Crippen LogP contribution in [0.5, 0.6) is 5.75 Å². The van der Waals surface area contributed by atoms with E-state index < -0.39 is 11.7 Å². The first-order chi connectivity index (χ1) is 7.91. The van der Waals surface area contributed by atoms with E-state index in [-0.39, 0.29) is 6.10 Å². The smallest absolute Gasteiger partial charge is 0.130 e. The van der Waals surface area contributed by atoms with Gasteiger partial charge >= 0.3 is 0 Å². The van der Waals surface area contributed by atoms with Crippen molar-refractivity contribution in [1.29, 1.82) is 0 Å². The van der Waals surface area contributed by atoms with Gasteiger partial charge in [-0.1, -0.05) is 13.0 Å². The zero-order valence-corrected chi connectivity index (χ0v) is 10.6. The molecule has 1 aliphatic rings. The molecule has 0 amide bonds. The average Bonchev–Trinajstić information content (AvgIpc) is 2.27. The summed E-state index contributed by atoms with van der Waals surface area (Å²) in [6.07, 6.45) is 0.456. The third kappa shape index (κ3) is 2.45. The van der Waals surface area contributed by atoms with Crippen LogP contribution in [0.15, 0.2) is 18.2 Å². The van der Waals surface area contributed by atoms with Crippen LogP contribution in [-0.2, 0) is 6.42 Å². The van der Waals surface area contributed by atoms with E-state index in [1.54, 1.807) is 13.8 Å². The molecule has 0 radical (unpaired) electrons. The van der Waals surface area contributed by atoms with E-state index in [2.05, 4.69) is 6.92 Å². The predicted octanol–water partition coefficient (Wildman–Crippen LogP) is 2.20. The fourth-order valence-corrected chi connectivity index (χ4v) is 2.15. The van der Waals surface area contributed by atoms with E-state index in [1.165, 1.54) is 5.56 Å². The Hall–Kier alpha value is -1.06. The van der Waals surface area contributed by atoms with Crippen LogP contribution in [0.4, 0.5) is 0 Å². The first-order valence-electron chi connectivity index (χ1n) is 6.11. The van der Waals surface area contributed by atoms with Crippen LogP contribution in [0.2, 0.25) is 0 Å². The normalized spacial score (nSPS) is 24.1. The molecule has 1 aromatic rings. The zero-order chi connectivity index (χ0) is 12.6. The first-order valence-corrected chi connectivity index (χ1v) is 6.11. The monoisotopic (exact) mass is 236 g/mol. The Bertz CT molecular complexity index is 406. The molecule has 1 aromatic carbocycles. The van der Waals surface area contributed by atoms with E-state index in [0.717, 1.165) is 12.0 Å². The lowest BCUT2D eigenvalue weighted by Crippen LogP contribution is -2.43. The van der Waals surface area contributed by atoms with Crippen molar-refractivity contribution in [2.24, 2.45) is 0 Å². The van der Waals surface area contributed by atoms with Crippen molar-refractivity contribution in [2.45, 2.75) is 51.4 Å². The first kappa shape index (κ1) is 12.4. The molecule has 2 N–H and O–H groups in total. The molecule has 0 spiro atoms. The second kappa shape index (κ2) is 4.31. The number of benzene rings is 1. The summed E-state index contributed by atoms with van der Waals surface area (Å²) in [5, 5.41) is 20.1. The van der Waals surface area contributed by atoms with Gasteiger partial charge in [-0.2, -0.15) is 0 Å². The molecule has 0 aromatic heterocycles. The van der Waals surface area contributed by atoms with Crippen molar-refractivity contribution in [1.82, 2.24) is 0 Å². The number of aliphatic hydroxyl groups is 2. The molecule has 17 heavy (non-hydrogen) atoms. The Morgan fingerprint density at radius 2 is 2.12 bits per heavy atom. The Kier molecular flexibility index (Phi) is 3.15. The number of ether oxygens (including phenoxy) is 1. The molecule has 1 heterocycles. The lowest BCUT2D eigenvalue weighted by molar-refractivity contribution is -0.0664. The predicted molar refractivity (Wildman–Crippen MR) is 66.1 cm³/mol. The van der Waals surface area contributed by atoms with E-state index in [1.807, 2.05) is 18.2 Å². The standard InChI is InChI=1S/C14H20O3/c1-4-9-5-6-12-10(7-9)11(15)8-13(17-12)14(2,3)16/h5-7,11,13,15-16H,4,8H2,1-3H3. The molecule has 3 heteroatoms. The Morgan fingerprint density at radius 3 is 2.71 bits per heavy atom. The second-order valence-corrected chi connectivity index (χ2v) is 5.24. The minimum absolute atomic E-state index is 0.363. The van der Waals surface area contributed by atoms with Gasteiger partial charge in [0.25, 0.3) is 0 Å². The number of aliphatic hydroxyl groups excluding tert-OH is 1. The van der Waals surface area contributed by atoms with E-state index >= 15 is 0 Å². The van der Waals surface area contributed by atoms with Crippen LogP contribution in [-0.4, -0.2) is 21.9 Å². The van der Waals surface area contributed by atoms with Gasteiger partial charge in [-0.05, 0) is 38.0 Å². The molecule has 94 valence electrons. The van der Waals surface area contributed by atoms with E-state index in [9.17, 15) is 10.2 Å². The molecule has 0 fully saturated rings. The Balaban J connectivity index is 2.32. The Labute approximate surface area is 102 Å². The largest absolute Gasteiger partial charge is 0.487 e. The molecule has 2 rings (SSSR count). The third-order valence-corrected chi connectivity index (χ3v) is 3.34. The summed E-state index contributed by atoms with van der Waals surface area (Å²) >= 11 is 0. The topological polar surface area (TPSA) is 49.7 Å². The lowest BCUT2D eigenvalue weighted by Gasteiger charge is -2.36. The van der Waals surface area contributed by atoms with Crippen molar-refractivity contribution < 1.29 is 14.9 Å². The van der Waals surface area contributed by atoms with Crippen LogP contribution in [0, 0.1) is 0 Å². The van der Waals surface area contributed by atoms with Crippen LogP contribution in [0.25, 0.3) is 0 Å². The second-order valence-electron chi connectivity index (χ2n) is 5.24. The summed E-state index contributed by atoms with van der Waals surface area (Å²) in [4.78, 5) is 0. The van der Waals surface area contributed by atoms with Crippen LogP contribution >= 0.6 is 0 Å². The van der Waals surface area contributed by atoms with Crippen LogP contribution < -0.4 is 4.74 Å². The molecule has 0 bridgehead atoms. The molecule has 0 saturated carbocycles. The highest BCUT2D eigenvalue weighted by atomic mass is 16.5. The Morgan fingerprint density at radius 1 is 1.41 bits per heavy atom. The zero-order valence-electron chi connectivity index (χ0n) is 10.6. The molecule has 0 aliphatic carbocycles. The van der Waals surface area contributed by atoms with Gasteiger partial charge < -0.3 is 14.9 Å². The minimum atomic E-state index is -0.942. The highest BCUT2D eigenvalue weighted by molar-refractivity contribution is 5.40. The van der Waals surface area contributed by atoms with Gasteiger partial charge in [0.1, 0.15) is 11.9 Å². The fraction of sp³-hybridized carbons (Fsp3) is 0.571. The van der Waals surface area contributed by atoms with Crippen molar-refractivity contribution in [3.63, 3.8) is 0 Å². The summed E-state index contributed by atoms with van der Waals surface area (Å²) in [6, 6.07) is 5.87. The average molecular weight is 236 g/mol. The maximum Gasteiger partial charge on any atom is 0.130 e. The van der Waals surface area contributed by atoms with Gasteiger partial charge in [0, 0.05) is 12.0 Å². The number of hydrogen-bond donors (Lipinski definition) is 2. The van der Waals surface area contributed by atoms with E-state index in [4.69, 9.17) is 4.74 Å². The van der Waals surface area contributed by atoms with Gasteiger partial charge in [-0.3, -0.25) is 0 Å². The molecular weight excluding hydrogens is 216 g/mol. The molecule has 0 saturated heterocycles. The quantitative estimate of drug-likeness (QED) is 0.827. The number of aryl methyl sites for hydroxylation is 1. The van der Waals surface area contributed by atoms with Crippen molar-refractivity contribution in [3.05, 3.63) is 29.3 Å². The fourth-order valence-electron chi connectivity index (χ4n) is 2.15. The summed E-state index contributed by atoms with van der Waals surface area (Å²) in [7, 11) is 0. The van der Waals surface area contributed by atoms with Gasteiger partial charge in [0.2, 0.25) is 0 Å². The van der Waals surface area contributed by atoms with Gasteiger partial charge in [-0.25, -0.2) is 0 Å². The van der Waals surface area contributed by atoms with Crippen LogP contribution in [0.1, 0.15) is 44.4 Å².